The van der Waals surface area contributed by atoms with Crippen LogP contribution in [0.25, 0.3) is 44.2 Å². The fourth-order valence-electron chi connectivity index (χ4n) is 6.14. The highest BCUT2D eigenvalue weighted by Gasteiger charge is 2.27. The van der Waals surface area contributed by atoms with Gasteiger partial charge in [0.05, 0.1) is 10.8 Å². The molecule has 1 aliphatic rings. The number of phenolic OH excluding ortho intramolecular Hbond substituents is 1. The summed E-state index contributed by atoms with van der Waals surface area (Å²) in [5, 5.41) is 16.5. The van der Waals surface area contributed by atoms with Gasteiger partial charge in [0.15, 0.2) is 5.65 Å². The Balaban J connectivity index is 0.00000217. The number of halogens is 3. The number of likely N-dealkylation sites (N-methyl/N-ethyl adjacent to an activating group) is 1. The van der Waals surface area contributed by atoms with E-state index in [9.17, 15) is 14.3 Å². The predicted octanol–water partition coefficient (Wildman–Crippen LogP) is 5.89. The lowest BCUT2D eigenvalue weighted by atomic mass is 9.95. The summed E-state index contributed by atoms with van der Waals surface area (Å²) in [6, 6.07) is 18.8. The fourth-order valence-corrected chi connectivity index (χ4v) is 6.14. The first-order valence-corrected chi connectivity index (χ1v) is 14.8. The highest BCUT2D eigenvalue weighted by molar-refractivity contribution is 5.99. The highest BCUT2D eigenvalue weighted by atomic mass is 35.5. The predicted molar refractivity (Wildman–Crippen MR) is 186 cm³/mol. The van der Waals surface area contributed by atoms with E-state index in [0.717, 1.165) is 55.3 Å². The molecule has 0 bridgehead atoms. The molecule has 1 atom stereocenters. The Kier molecular flexibility index (Phi) is 9.83. The van der Waals surface area contributed by atoms with Crippen LogP contribution in [0, 0.1) is 5.82 Å². The van der Waals surface area contributed by atoms with Crippen LogP contribution in [0.3, 0.4) is 0 Å². The normalized spacial score (nSPS) is 14.5. The van der Waals surface area contributed by atoms with Gasteiger partial charge in [-0.05, 0) is 43.3 Å². The van der Waals surface area contributed by atoms with Gasteiger partial charge in [-0.25, -0.2) is 23.8 Å². The maximum Gasteiger partial charge on any atom is 0.343 e. The van der Waals surface area contributed by atoms with Gasteiger partial charge in [0.25, 0.3) is 0 Å². The van der Waals surface area contributed by atoms with Crippen molar-refractivity contribution in [2.75, 3.05) is 39.0 Å². The molecule has 1 unspecified atom stereocenters. The molecular weight excluding hydrogens is 644 g/mol. The monoisotopic (exact) mass is 677 g/mol. The third-order valence-corrected chi connectivity index (χ3v) is 8.53. The van der Waals surface area contributed by atoms with Crippen LogP contribution in [-0.4, -0.2) is 67.9 Å². The topological polar surface area (TPSA) is 127 Å². The van der Waals surface area contributed by atoms with Gasteiger partial charge in [-0.3, -0.25) is 4.90 Å². The quantitative estimate of drug-likeness (QED) is 0.222. The lowest BCUT2D eigenvalue weighted by Gasteiger charge is -2.32. The number of anilines is 1. The van der Waals surface area contributed by atoms with Gasteiger partial charge >= 0.3 is 5.63 Å². The molecular formula is C34H34Cl2FN7O3. The van der Waals surface area contributed by atoms with E-state index < -0.39 is 17.5 Å². The molecule has 1 aliphatic heterocycles. The maximum absolute atomic E-state index is 14.3. The van der Waals surface area contributed by atoms with Gasteiger partial charge in [-0.2, -0.15) is 5.10 Å². The Bertz CT molecular complexity index is 2090. The van der Waals surface area contributed by atoms with Crippen LogP contribution in [0.2, 0.25) is 0 Å². The molecule has 4 heterocycles. The van der Waals surface area contributed by atoms with Crippen LogP contribution in [0.15, 0.2) is 82.3 Å². The number of hydrogen-bond donors (Lipinski definition) is 2. The Hall–Kier alpha value is -4.55. The summed E-state index contributed by atoms with van der Waals surface area (Å²) in [5.41, 5.74) is 9.65. The van der Waals surface area contributed by atoms with E-state index in [4.69, 9.17) is 15.2 Å². The van der Waals surface area contributed by atoms with Crippen LogP contribution < -0.4 is 11.4 Å². The SMILES string of the molecule is CC(c1oc(=O)c2ccccc2c1-c1ccc(CN2CCN(C)CC2)cc1)n1nc(-c2cc(O)cc(F)c2)c2c(N)ncnc21.Cl.Cl. The summed E-state index contributed by atoms with van der Waals surface area (Å²) in [5.74, 6) is -0.348. The molecule has 1 fully saturated rings. The second-order valence-corrected chi connectivity index (χ2v) is 11.6. The maximum atomic E-state index is 14.3. The van der Waals surface area contributed by atoms with E-state index in [1.807, 2.05) is 25.1 Å². The summed E-state index contributed by atoms with van der Waals surface area (Å²) >= 11 is 0. The van der Waals surface area contributed by atoms with Crippen molar-refractivity contribution in [1.82, 2.24) is 29.5 Å². The minimum Gasteiger partial charge on any atom is -0.508 e. The lowest BCUT2D eigenvalue weighted by molar-refractivity contribution is 0.148. The lowest BCUT2D eigenvalue weighted by Crippen LogP contribution is -2.43. The van der Waals surface area contributed by atoms with E-state index in [1.54, 1.807) is 10.7 Å². The molecule has 3 aromatic heterocycles. The van der Waals surface area contributed by atoms with Crippen LogP contribution in [0.4, 0.5) is 10.2 Å². The summed E-state index contributed by atoms with van der Waals surface area (Å²) in [7, 11) is 2.15. The van der Waals surface area contributed by atoms with Crippen molar-refractivity contribution < 1.29 is 13.9 Å². The molecule has 13 heteroatoms. The molecule has 6 aromatic rings. The summed E-state index contributed by atoms with van der Waals surface area (Å²) in [4.78, 5) is 26.7. The molecule has 0 spiro atoms. The fraction of sp³-hybridized carbons (Fsp3) is 0.235. The largest absolute Gasteiger partial charge is 0.508 e. The Morgan fingerprint density at radius 1 is 0.957 bits per heavy atom. The third kappa shape index (κ3) is 6.39. The van der Waals surface area contributed by atoms with Crippen molar-refractivity contribution in [1.29, 1.82) is 0 Å². The molecule has 3 N–H and O–H groups in total. The van der Waals surface area contributed by atoms with Gasteiger partial charge in [-0.1, -0.05) is 42.5 Å². The first-order valence-electron chi connectivity index (χ1n) is 14.8. The average molecular weight is 679 g/mol. The standard InChI is InChI=1S/C34H32FN7O3.2ClH/c1-20(42-33-29(32(36)37-19-38-33)30(39-42)23-15-24(35)17-25(43)16-23)31-28(26-5-3-4-6-27(26)34(44)45-31)22-9-7-21(8-10-22)18-41-13-11-40(2)12-14-41;;/h3-10,15-17,19-20,43H,11-14,18H2,1-2H3,(H2,36,37,38);2*1H. The van der Waals surface area contributed by atoms with Crippen molar-refractivity contribution in [3.8, 4) is 28.1 Å². The van der Waals surface area contributed by atoms with Crippen LogP contribution in [-0.2, 0) is 6.54 Å². The van der Waals surface area contributed by atoms with E-state index in [1.165, 1.54) is 24.0 Å². The molecule has 0 aliphatic carbocycles. The van der Waals surface area contributed by atoms with Gasteiger partial charge in [0, 0.05) is 55.3 Å². The number of piperazine rings is 1. The number of rotatable bonds is 6. The van der Waals surface area contributed by atoms with Crippen LogP contribution in [0.5, 0.6) is 5.75 Å². The smallest absolute Gasteiger partial charge is 0.343 e. The van der Waals surface area contributed by atoms with Crippen molar-refractivity contribution in [2.45, 2.75) is 19.5 Å². The number of nitrogens with zero attached hydrogens (tertiary/aromatic N) is 6. The van der Waals surface area contributed by atoms with Gasteiger partial charge in [0.2, 0.25) is 0 Å². The Labute approximate surface area is 282 Å². The molecule has 0 amide bonds. The highest BCUT2D eigenvalue weighted by Crippen LogP contribution is 2.39. The zero-order chi connectivity index (χ0) is 31.2. The summed E-state index contributed by atoms with van der Waals surface area (Å²) in [6.45, 7) is 6.87. The van der Waals surface area contributed by atoms with Crippen molar-refractivity contribution in [3.05, 3.63) is 101 Å². The number of phenols is 1. The first-order chi connectivity index (χ1) is 21.8. The molecule has 1 saturated heterocycles. The molecule has 3 aromatic carbocycles. The Morgan fingerprint density at radius 2 is 1.66 bits per heavy atom. The molecule has 0 radical (unpaired) electrons. The second kappa shape index (κ2) is 13.7. The van der Waals surface area contributed by atoms with Gasteiger partial charge in [0.1, 0.15) is 41.2 Å². The molecule has 7 rings (SSSR count). The van der Waals surface area contributed by atoms with E-state index in [-0.39, 0.29) is 36.4 Å². The number of fused-ring (bicyclic) bond motifs is 2. The van der Waals surface area contributed by atoms with Crippen molar-refractivity contribution >= 4 is 52.4 Å². The number of nitrogen functional groups attached to an aromatic ring is 1. The third-order valence-electron chi connectivity index (χ3n) is 8.53. The number of aromatic nitrogens is 4. The Morgan fingerprint density at radius 3 is 2.36 bits per heavy atom. The summed E-state index contributed by atoms with van der Waals surface area (Å²) in [6.07, 6.45) is 1.33. The first kappa shape index (κ1) is 33.8. The number of nitrogens with two attached hydrogens (primary N) is 1. The second-order valence-electron chi connectivity index (χ2n) is 11.6. The van der Waals surface area contributed by atoms with Crippen LogP contribution >= 0.6 is 24.8 Å². The molecule has 47 heavy (non-hydrogen) atoms. The molecule has 0 saturated carbocycles. The van der Waals surface area contributed by atoms with Gasteiger partial charge < -0.3 is 20.2 Å². The molecule has 244 valence electrons. The van der Waals surface area contributed by atoms with E-state index in [2.05, 4.69) is 51.1 Å². The number of benzene rings is 3. The zero-order valence-electron chi connectivity index (χ0n) is 25.8. The van der Waals surface area contributed by atoms with Crippen molar-refractivity contribution in [3.63, 3.8) is 0 Å². The van der Waals surface area contributed by atoms with Crippen molar-refractivity contribution in [2.24, 2.45) is 0 Å². The zero-order valence-corrected chi connectivity index (χ0v) is 27.4. The van der Waals surface area contributed by atoms with Gasteiger partial charge in [-0.15, -0.1) is 24.8 Å². The number of aromatic hydroxyl groups is 1. The van der Waals surface area contributed by atoms with E-state index in [0.29, 0.717) is 33.4 Å². The van der Waals surface area contributed by atoms with E-state index >= 15 is 0 Å². The molecule has 10 nitrogen and oxygen atoms in total. The summed E-state index contributed by atoms with van der Waals surface area (Å²) < 4.78 is 22.0. The average Bonchev–Trinajstić information content (AvgIpc) is 3.43. The van der Waals surface area contributed by atoms with Crippen LogP contribution in [0.1, 0.15) is 24.3 Å². The minimum absolute atomic E-state index is 0. The number of hydrogen-bond acceptors (Lipinski definition) is 9. The minimum atomic E-state index is -0.643.